The molecular weight excluding hydrogens is 572 g/mol. The summed E-state index contributed by atoms with van der Waals surface area (Å²) in [7, 11) is -4.82. The molecule has 0 amide bonds. The molecule has 4 rings (SSSR count). The van der Waals surface area contributed by atoms with Crippen molar-refractivity contribution in [1.82, 2.24) is 0 Å². The highest BCUT2D eigenvalue weighted by atomic mass is 32.2. The Morgan fingerprint density at radius 3 is 1.90 bits per heavy atom. The van der Waals surface area contributed by atoms with Crippen LogP contribution in [0, 0.1) is 0 Å². The molecule has 12 heteroatoms. The molecule has 0 bridgehead atoms. The van der Waals surface area contributed by atoms with Crippen LogP contribution in [0.3, 0.4) is 0 Å². The molecule has 0 spiro atoms. The minimum Gasteiger partial charge on any atom is -0.504 e. The maximum Gasteiger partial charge on any atom is 0.306 e. The Kier molecular flexibility index (Phi) is 8.64. The zero-order chi connectivity index (χ0) is 29.8. The summed E-state index contributed by atoms with van der Waals surface area (Å²) in [6, 6.07) is 21.7. The van der Waals surface area contributed by atoms with Crippen molar-refractivity contribution in [3.8, 4) is 56.8 Å². The van der Waals surface area contributed by atoms with Gasteiger partial charge in [0.05, 0.1) is 32.3 Å². The predicted molar refractivity (Wildman–Crippen MR) is 154 cm³/mol. The van der Waals surface area contributed by atoms with E-state index in [0.29, 0.717) is 16.7 Å². The average Bonchev–Trinajstić information content (AvgIpc) is 2.91. The van der Waals surface area contributed by atoms with E-state index in [1.165, 1.54) is 32.4 Å². The molecule has 0 saturated heterocycles. The molecule has 0 heterocycles. The molecule has 4 aromatic rings. The van der Waals surface area contributed by atoms with Gasteiger partial charge >= 0.3 is 20.2 Å². The fraction of sp³-hybridized carbons (Fsp3) is 0.172. The summed E-state index contributed by atoms with van der Waals surface area (Å²) in [5.41, 5.74) is 2.49. The van der Waals surface area contributed by atoms with Crippen LogP contribution in [0.25, 0.3) is 22.3 Å². The van der Waals surface area contributed by atoms with E-state index in [1.807, 2.05) is 30.3 Å². The summed E-state index contributed by atoms with van der Waals surface area (Å²) >= 11 is 0. The first kappa shape index (κ1) is 29.6. The minimum atomic E-state index is -3.92. The molecule has 0 atom stereocenters. The van der Waals surface area contributed by atoms with Gasteiger partial charge in [0, 0.05) is 5.56 Å². The topological polar surface area (TPSA) is 135 Å². The third-order valence-corrected chi connectivity index (χ3v) is 6.74. The number of rotatable bonds is 11. The second kappa shape index (κ2) is 12.0. The Balaban J connectivity index is 1.78. The minimum absolute atomic E-state index is 0.0770. The van der Waals surface area contributed by atoms with E-state index in [-0.39, 0.29) is 46.7 Å². The van der Waals surface area contributed by atoms with Crippen LogP contribution in [0.15, 0.2) is 78.9 Å². The molecule has 0 fully saturated rings. The van der Waals surface area contributed by atoms with Crippen LogP contribution in [0.4, 0.5) is 0 Å². The van der Waals surface area contributed by atoms with Crippen molar-refractivity contribution in [1.29, 1.82) is 0 Å². The van der Waals surface area contributed by atoms with E-state index >= 15 is 0 Å². The average molecular weight is 601 g/mol. The van der Waals surface area contributed by atoms with Gasteiger partial charge in [-0.25, -0.2) is 0 Å². The molecule has 0 aliphatic carbocycles. The van der Waals surface area contributed by atoms with Crippen LogP contribution in [0.2, 0.25) is 0 Å². The Morgan fingerprint density at radius 1 is 0.683 bits per heavy atom. The smallest absolute Gasteiger partial charge is 0.306 e. The SMILES string of the molecule is COc1cc(-c2ccc(OS(C)(=O)=O)cc2)c(OC)c(O)c1-c1ccc(OCc2ccccc2)c(OS(C)(=O)=O)c1. The Hall–Kier alpha value is -4.42. The van der Waals surface area contributed by atoms with Gasteiger partial charge in [0.15, 0.2) is 23.0 Å². The summed E-state index contributed by atoms with van der Waals surface area (Å²) in [6.07, 6.45) is 1.86. The first-order valence-corrected chi connectivity index (χ1v) is 15.7. The molecule has 4 aromatic carbocycles. The van der Waals surface area contributed by atoms with Gasteiger partial charge in [-0.15, -0.1) is 0 Å². The molecule has 0 saturated carbocycles. The van der Waals surface area contributed by atoms with Crippen LogP contribution in [-0.2, 0) is 26.8 Å². The number of benzene rings is 4. The van der Waals surface area contributed by atoms with Crippen LogP contribution in [0.1, 0.15) is 5.56 Å². The number of aromatic hydroxyl groups is 1. The van der Waals surface area contributed by atoms with Gasteiger partial charge in [-0.3, -0.25) is 0 Å². The van der Waals surface area contributed by atoms with Crippen molar-refractivity contribution in [2.75, 3.05) is 26.7 Å². The fourth-order valence-corrected chi connectivity index (χ4v) is 5.02. The second-order valence-corrected chi connectivity index (χ2v) is 12.1. The largest absolute Gasteiger partial charge is 0.504 e. The summed E-state index contributed by atoms with van der Waals surface area (Å²) < 4.78 is 74.1. The lowest BCUT2D eigenvalue weighted by molar-refractivity contribution is 0.296. The third kappa shape index (κ3) is 7.41. The molecule has 41 heavy (non-hydrogen) atoms. The highest BCUT2D eigenvalue weighted by Gasteiger charge is 2.24. The summed E-state index contributed by atoms with van der Waals surface area (Å²) in [5, 5.41) is 11.3. The number of hydrogen-bond acceptors (Lipinski definition) is 10. The van der Waals surface area contributed by atoms with Crippen molar-refractivity contribution >= 4 is 20.2 Å². The third-order valence-electron chi connectivity index (χ3n) is 5.77. The van der Waals surface area contributed by atoms with Gasteiger partial charge < -0.3 is 27.7 Å². The van der Waals surface area contributed by atoms with Crippen LogP contribution in [0.5, 0.6) is 34.5 Å². The molecule has 0 unspecified atom stereocenters. The number of phenols is 1. The van der Waals surface area contributed by atoms with Gasteiger partial charge in [-0.1, -0.05) is 48.5 Å². The van der Waals surface area contributed by atoms with Gasteiger partial charge in [0.2, 0.25) is 0 Å². The molecule has 1 N–H and O–H groups in total. The summed E-state index contributed by atoms with van der Waals surface area (Å²) in [5.74, 6) is 0.302. The van der Waals surface area contributed by atoms with Crippen LogP contribution < -0.4 is 22.6 Å². The van der Waals surface area contributed by atoms with Gasteiger partial charge in [0.1, 0.15) is 18.1 Å². The van der Waals surface area contributed by atoms with E-state index < -0.39 is 20.2 Å². The lowest BCUT2D eigenvalue weighted by Gasteiger charge is -2.19. The summed E-state index contributed by atoms with van der Waals surface area (Å²) in [4.78, 5) is 0. The maximum atomic E-state index is 12.1. The van der Waals surface area contributed by atoms with Crippen molar-refractivity contribution < 1.29 is 44.5 Å². The monoisotopic (exact) mass is 600 g/mol. The predicted octanol–water partition coefficient (Wildman–Crippen LogP) is 5.00. The quantitative estimate of drug-likeness (QED) is 0.234. The number of hydrogen-bond donors (Lipinski definition) is 1. The fourth-order valence-electron chi connectivity index (χ4n) is 4.10. The standard InChI is InChI=1S/C29H28O10S2/c1-35-26-17-23(20-10-13-22(14-11-20)38-40(3,31)32)29(36-2)28(30)27(26)21-12-15-24(25(16-21)39-41(4,33)34)37-18-19-8-6-5-7-9-19/h5-17,30H,18H2,1-4H3. The number of methoxy groups -OCH3 is 2. The zero-order valence-electron chi connectivity index (χ0n) is 22.7. The first-order valence-electron chi connectivity index (χ1n) is 12.1. The zero-order valence-corrected chi connectivity index (χ0v) is 24.3. The van der Waals surface area contributed by atoms with Crippen molar-refractivity contribution in [2.24, 2.45) is 0 Å². The van der Waals surface area contributed by atoms with E-state index in [0.717, 1.165) is 18.1 Å². The lowest BCUT2D eigenvalue weighted by Crippen LogP contribution is -2.08. The molecule has 216 valence electrons. The highest BCUT2D eigenvalue weighted by Crippen LogP contribution is 2.50. The Bertz CT molecular complexity index is 1750. The first-order chi connectivity index (χ1) is 19.4. The molecule has 0 aliphatic heterocycles. The highest BCUT2D eigenvalue weighted by molar-refractivity contribution is 7.86. The van der Waals surface area contributed by atoms with Gasteiger partial charge in [-0.05, 0) is 47.0 Å². The van der Waals surface area contributed by atoms with E-state index in [1.54, 1.807) is 30.3 Å². The Labute approximate surface area is 238 Å². The summed E-state index contributed by atoms with van der Waals surface area (Å²) in [6.45, 7) is 0.172. The molecule has 0 aromatic heterocycles. The molecule has 0 aliphatic rings. The van der Waals surface area contributed by atoms with Crippen molar-refractivity contribution in [3.63, 3.8) is 0 Å². The molecular formula is C29H28O10S2. The number of phenolic OH excluding ortho intramolecular Hbond substituents is 1. The van der Waals surface area contributed by atoms with E-state index in [9.17, 15) is 21.9 Å². The van der Waals surface area contributed by atoms with Crippen molar-refractivity contribution in [2.45, 2.75) is 6.61 Å². The van der Waals surface area contributed by atoms with Gasteiger partial charge in [-0.2, -0.15) is 16.8 Å². The van der Waals surface area contributed by atoms with Crippen LogP contribution in [-0.4, -0.2) is 48.7 Å². The molecule has 0 radical (unpaired) electrons. The van der Waals surface area contributed by atoms with E-state index in [4.69, 9.17) is 22.6 Å². The number of ether oxygens (including phenoxy) is 3. The molecule has 10 nitrogen and oxygen atoms in total. The van der Waals surface area contributed by atoms with Crippen molar-refractivity contribution in [3.05, 3.63) is 84.4 Å². The normalized spacial score (nSPS) is 11.5. The second-order valence-electron chi connectivity index (χ2n) is 8.92. The van der Waals surface area contributed by atoms with Gasteiger partial charge in [0.25, 0.3) is 0 Å². The lowest BCUT2D eigenvalue weighted by atomic mass is 9.96. The van der Waals surface area contributed by atoms with E-state index in [2.05, 4.69) is 0 Å². The van der Waals surface area contributed by atoms with Crippen LogP contribution >= 0.6 is 0 Å². The maximum absolute atomic E-state index is 12.1. The Morgan fingerprint density at radius 2 is 1.32 bits per heavy atom.